The van der Waals surface area contributed by atoms with E-state index in [1.807, 2.05) is 0 Å². The van der Waals surface area contributed by atoms with Crippen molar-refractivity contribution < 1.29 is 0 Å². The molecule has 1 N–H and O–H groups in total. The molecule has 2 nitrogen and oxygen atoms in total. The summed E-state index contributed by atoms with van der Waals surface area (Å²) in [5, 5.41) is 3.72. The zero-order valence-electron chi connectivity index (χ0n) is 10.3. The summed E-state index contributed by atoms with van der Waals surface area (Å²) in [5.74, 6) is 1.06. The van der Waals surface area contributed by atoms with E-state index in [-0.39, 0.29) is 0 Å². The average molecular weight is 210 g/mol. The lowest BCUT2D eigenvalue weighted by Gasteiger charge is -2.26. The zero-order valence-corrected chi connectivity index (χ0v) is 10.3. The van der Waals surface area contributed by atoms with E-state index in [2.05, 4.69) is 24.1 Å². The van der Waals surface area contributed by atoms with Crippen LogP contribution in [0.5, 0.6) is 0 Å². The fourth-order valence-corrected chi connectivity index (χ4v) is 2.70. The Balaban J connectivity index is 1.56. The van der Waals surface area contributed by atoms with Gasteiger partial charge in [0, 0.05) is 18.6 Å². The summed E-state index contributed by atoms with van der Waals surface area (Å²) >= 11 is 0. The number of nitrogens with one attached hydrogen (secondary N) is 1. The molecule has 1 heterocycles. The third-order valence-electron chi connectivity index (χ3n) is 4.16. The molecule has 0 aromatic carbocycles. The van der Waals surface area contributed by atoms with E-state index >= 15 is 0 Å². The van der Waals surface area contributed by atoms with Gasteiger partial charge in [0.2, 0.25) is 0 Å². The van der Waals surface area contributed by atoms with E-state index in [0.29, 0.717) is 0 Å². The predicted octanol–water partition coefficient (Wildman–Crippen LogP) is 2.25. The molecule has 0 aromatic rings. The summed E-state index contributed by atoms with van der Waals surface area (Å²) in [6.07, 6.45) is 7.23. The van der Waals surface area contributed by atoms with E-state index in [1.54, 1.807) is 0 Å². The van der Waals surface area contributed by atoms with Crippen LogP contribution in [0, 0.1) is 5.92 Å². The Hall–Kier alpha value is -0.0800. The summed E-state index contributed by atoms with van der Waals surface area (Å²) in [6, 6.07) is 1.50. The number of hydrogen-bond acceptors (Lipinski definition) is 2. The van der Waals surface area contributed by atoms with Gasteiger partial charge in [-0.15, -0.1) is 0 Å². The number of hydrogen-bond donors (Lipinski definition) is 1. The fourth-order valence-electron chi connectivity index (χ4n) is 2.70. The van der Waals surface area contributed by atoms with Crippen molar-refractivity contribution in [2.45, 2.75) is 58.0 Å². The van der Waals surface area contributed by atoms with Gasteiger partial charge in [-0.3, -0.25) is 4.90 Å². The molecular weight excluding hydrogens is 184 g/mol. The Morgan fingerprint density at radius 3 is 2.60 bits per heavy atom. The molecular formula is C13H26N2. The second-order valence-corrected chi connectivity index (χ2v) is 5.61. The van der Waals surface area contributed by atoms with Crippen molar-refractivity contribution in [3.05, 3.63) is 0 Å². The first-order valence-electron chi connectivity index (χ1n) is 6.73. The van der Waals surface area contributed by atoms with Crippen molar-refractivity contribution in [2.75, 3.05) is 19.6 Å². The van der Waals surface area contributed by atoms with Crippen molar-refractivity contribution in [1.82, 2.24) is 10.2 Å². The van der Waals surface area contributed by atoms with Crippen LogP contribution in [0.25, 0.3) is 0 Å². The van der Waals surface area contributed by atoms with Crippen LogP contribution < -0.4 is 5.32 Å². The summed E-state index contributed by atoms with van der Waals surface area (Å²) in [5.41, 5.74) is 0. The maximum Gasteiger partial charge on any atom is 0.0207 e. The van der Waals surface area contributed by atoms with Gasteiger partial charge in [0.05, 0.1) is 0 Å². The van der Waals surface area contributed by atoms with Gasteiger partial charge in [0.1, 0.15) is 0 Å². The smallest absolute Gasteiger partial charge is 0.0207 e. The highest BCUT2D eigenvalue weighted by Gasteiger charge is 2.24. The summed E-state index contributed by atoms with van der Waals surface area (Å²) in [7, 11) is 0. The number of nitrogens with zero attached hydrogens (tertiary/aromatic N) is 1. The molecule has 2 heteroatoms. The molecule has 0 amide bonds. The lowest BCUT2D eigenvalue weighted by Crippen LogP contribution is -2.36. The highest BCUT2D eigenvalue weighted by molar-refractivity contribution is 4.83. The SMILES string of the molecule is CC(C)N1CCC(NCCC2CCC2)C1. The zero-order chi connectivity index (χ0) is 10.7. The molecule has 0 aromatic heterocycles. The largest absolute Gasteiger partial charge is 0.313 e. The molecule has 1 saturated carbocycles. The summed E-state index contributed by atoms with van der Waals surface area (Å²) in [6.45, 7) is 8.41. The first-order valence-corrected chi connectivity index (χ1v) is 6.73. The van der Waals surface area contributed by atoms with E-state index < -0.39 is 0 Å². The Bertz CT molecular complexity index is 187. The van der Waals surface area contributed by atoms with Crippen LogP contribution in [-0.2, 0) is 0 Å². The van der Waals surface area contributed by atoms with Crippen LogP contribution in [0.3, 0.4) is 0 Å². The molecule has 88 valence electrons. The van der Waals surface area contributed by atoms with E-state index in [4.69, 9.17) is 0 Å². The third-order valence-corrected chi connectivity index (χ3v) is 4.16. The molecule has 1 unspecified atom stereocenters. The summed E-state index contributed by atoms with van der Waals surface area (Å²) in [4.78, 5) is 2.58. The second-order valence-electron chi connectivity index (χ2n) is 5.61. The van der Waals surface area contributed by atoms with Gasteiger partial charge in [-0.1, -0.05) is 19.3 Å². The Labute approximate surface area is 94.4 Å². The molecule has 2 aliphatic rings. The monoisotopic (exact) mass is 210 g/mol. The van der Waals surface area contributed by atoms with Gasteiger partial charge in [0.25, 0.3) is 0 Å². The highest BCUT2D eigenvalue weighted by Crippen LogP contribution is 2.28. The van der Waals surface area contributed by atoms with Gasteiger partial charge in [-0.05, 0) is 45.7 Å². The molecule has 1 saturated heterocycles. The first kappa shape index (κ1) is 11.4. The second kappa shape index (κ2) is 5.31. The quantitative estimate of drug-likeness (QED) is 0.749. The van der Waals surface area contributed by atoms with Crippen LogP contribution in [0.2, 0.25) is 0 Å². The van der Waals surface area contributed by atoms with Crippen molar-refractivity contribution >= 4 is 0 Å². The van der Waals surface area contributed by atoms with Gasteiger partial charge < -0.3 is 5.32 Å². The number of likely N-dealkylation sites (tertiary alicyclic amines) is 1. The molecule has 2 fully saturated rings. The topological polar surface area (TPSA) is 15.3 Å². The van der Waals surface area contributed by atoms with Crippen LogP contribution in [0.1, 0.15) is 46.0 Å². The maximum absolute atomic E-state index is 3.72. The Morgan fingerprint density at radius 2 is 2.07 bits per heavy atom. The minimum absolute atomic E-state index is 0.725. The molecule has 0 bridgehead atoms. The van der Waals surface area contributed by atoms with Crippen LogP contribution >= 0.6 is 0 Å². The first-order chi connectivity index (χ1) is 7.25. The van der Waals surface area contributed by atoms with Crippen LogP contribution in [-0.4, -0.2) is 36.6 Å². The lowest BCUT2D eigenvalue weighted by molar-refractivity contribution is 0.262. The molecule has 1 atom stereocenters. The molecule has 0 radical (unpaired) electrons. The van der Waals surface area contributed by atoms with Crippen molar-refractivity contribution in [1.29, 1.82) is 0 Å². The maximum atomic E-state index is 3.72. The highest BCUT2D eigenvalue weighted by atomic mass is 15.2. The van der Waals surface area contributed by atoms with E-state index in [9.17, 15) is 0 Å². The molecule has 15 heavy (non-hydrogen) atoms. The molecule has 2 rings (SSSR count). The normalized spacial score (nSPS) is 28.6. The molecule has 1 aliphatic heterocycles. The number of rotatable bonds is 5. The molecule has 0 spiro atoms. The van der Waals surface area contributed by atoms with Gasteiger partial charge in [-0.2, -0.15) is 0 Å². The minimum atomic E-state index is 0.725. The van der Waals surface area contributed by atoms with Gasteiger partial charge in [-0.25, -0.2) is 0 Å². The van der Waals surface area contributed by atoms with Crippen molar-refractivity contribution in [3.8, 4) is 0 Å². The van der Waals surface area contributed by atoms with Gasteiger partial charge in [0.15, 0.2) is 0 Å². The van der Waals surface area contributed by atoms with Crippen LogP contribution in [0.15, 0.2) is 0 Å². The lowest BCUT2D eigenvalue weighted by atomic mass is 9.83. The van der Waals surface area contributed by atoms with Crippen LogP contribution in [0.4, 0.5) is 0 Å². The predicted molar refractivity (Wildman–Crippen MR) is 65.1 cm³/mol. The van der Waals surface area contributed by atoms with E-state index in [0.717, 1.165) is 18.0 Å². The average Bonchev–Trinajstić information content (AvgIpc) is 2.57. The fraction of sp³-hybridized carbons (Fsp3) is 1.00. The Morgan fingerprint density at radius 1 is 1.27 bits per heavy atom. The van der Waals surface area contributed by atoms with Gasteiger partial charge >= 0.3 is 0 Å². The minimum Gasteiger partial charge on any atom is -0.313 e. The molecule has 1 aliphatic carbocycles. The third kappa shape index (κ3) is 3.18. The standard InChI is InChI=1S/C13H26N2/c1-11(2)15-9-7-13(10-15)14-8-6-12-4-3-5-12/h11-14H,3-10H2,1-2H3. The van der Waals surface area contributed by atoms with Crippen molar-refractivity contribution in [3.63, 3.8) is 0 Å². The van der Waals surface area contributed by atoms with E-state index in [1.165, 1.54) is 51.7 Å². The summed E-state index contributed by atoms with van der Waals surface area (Å²) < 4.78 is 0. The van der Waals surface area contributed by atoms with Crippen molar-refractivity contribution in [2.24, 2.45) is 5.92 Å². The Kier molecular flexibility index (Phi) is 4.04.